The van der Waals surface area contributed by atoms with Crippen LogP contribution in [0.3, 0.4) is 0 Å². The lowest BCUT2D eigenvalue weighted by Crippen LogP contribution is -2.50. The second-order valence-corrected chi connectivity index (χ2v) is 5.08. The molecule has 1 aliphatic rings. The van der Waals surface area contributed by atoms with Crippen molar-refractivity contribution in [3.8, 4) is 0 Å². The van der Waals surface area contributed by atoms with Gasteiger partial charge in [0.1, 0.15) is 11.8 Å². The normalized spacial score (nSPS) is 26.5. The van der Waals surface area contributed by atoms with E-state index in [1.807, 2.05) is 20.8 Å². The summed E-state index contributed by atoms with van der Waals surface area (Å²) in [7, 11) is 0. The first-order valence-electron chi connectivity index (χ1n) is 5.68. The van der Waals surface area contributed by atoms with E-state index in [-0.39, 0.29) is 18.6 Å². The van der Waals surface area contributed by atoms with E-state index in [9.17, 15) is 9.18 Å². The second kappa shape index (κ2) is 5.59. The van der Waals surface area contributed by atoms with Crippen LogP contribution in [0, 0.1) is 0 Å². The lowest BCUT2D eigenvalue weighted by molar-refractivity contribution is -0.153. The van der Waals surface area contributed by atoms with Crippen LogP contribution in [-0.4, -0.2) is 43.4 Å². The first kappa shape index (κ1) is 13.4. The van der Waals surface area contributed by atoms with E-state index >= 15 is 0 Å². The van der Waals surface area contributed by atoms with Crippen LogP contribution in [0.5, 0.6) is 0 Å². The summed E-state index contributed by atoms with van der Waals surface area (Å²) in [6.07, 6.45) is -0.236. The van der Waals surface area contributed by atoms with Crippen LogP contribution in [0.25, 0.3) is 0 Å². The van der Waals surface area contributed by atoms with Gasteiger partial charge in [-0.1, -0.05) is 0 Å². The van der Waals surface area contributed by atoms with Gasteiger partial charge in [0.15, 0.2) is 0 Å². The van der Waals surface area contributed by atoms with Crippen molar-refractivity contribution in [2.75, 3.05) is 19.6 Å². The molecule has 94 valence electrons. The molecule has 1 rings (SSSR count). The summed E-state index contributed by atoms with van der Waals surface area (Å²) in [5.74, 6) is -0.335. The van der Waals surface area contributed by atoms with Crippen molar-refractivity contribution in [2.24, 2.45) is 0 Å². The number of halogens is 1. The molecule has 0 radical (unpaired) electrons. The van der Waals surface area contributed by atoms with Gasteiger partial charge in [-0.05, 0) is 33.7 Å². The highest BCUT2D eigenvalue weighted by Gasteiger charge is 2.25. The number of carbonyl (C=O) groups excluding carboxylic acids is 1. The molecule has 2 unspecified atom stereocenters. The Bertz CT molecular complexity index is 241. The molecular formula is C11H21FN2O2. The molecule has 0 saturated carbocycles. The molecule has 0 amide bonds. The van der Waals surface area contributed by atoms with Crippen LogP contribution in [0.1, 0.15) is 27.2 Å². The minimum absolute atomic E-state index is 0.0718. The monoisotopic (exact) mass is 232 g/mol. The highest BCUT2D eigenvalue weighted by Crippen LogP contribution is 2.09. The van der Waals surface area contributed by atoms with E-state index < -0.39 is 11.8 Å². The minimum atomic E-state index is -0.934. The van der Waals surface area contributed by atoms with E-state index in [0.29, 0.717) is 13.0 Å². The van der Waals surface area contributed by atoms with Gasteiger partial charge in [0, 0.05) is 12.6 Å². The smallest absolute Gasteiger partial charge is 0.320 e. The quantitative estimate of drug-likeness (QED) is 0.700. The Hall–Kier alpha value is -0.680. The average Bonchev–Trinajstić information content (AvgIpc) is 2.14. The Kier molecular flexibility index (Phi) is 4.68. The van der Waals surface area contributed by atoms with Crippen molar-refractivity contribution < 1.29 is 13.9 Å². The fraction of sp³-hybridized carbons (Fsp3) is 0.909. The first-order valence-corrected chi connectivity index (χ1v) is 5.68. The fourth-order valence-electron chi connectivity index (χ4n) is 1.64. The number of nitrogens with one attached hydrogen (secondary N) is 2. The van der Waals surface area contributed by atoms with Crippen molar-refractivity contribution in [3.63, 3.8) is 0 Å². The summed E-state index contributed by atoms with van der Waals surface area (Å²) in [4.78, 5) is 11.4. The molecule has 1 heterocycles. The number of esters is 1. The number of alkyl halides is 1. The Morgan fingerprint density at radius 2 is 2.25 bits per heavy atom. The standard InChI is InChI=1S/C11H21FN2O2/c1-11(2,3)16-10(15)7-14-9-4-5-13-6-8(9)12/h8-9,13-14H,4-7H2,1-3H3. The van der Waals surface area contributed by atoms with Gasteiger partial charge in [0.2, 0.25) is 0 Å². The highest BCUT2D eigenvalue weighted by molar-refractivity contribution is 5.72. The third-order valence-corrected chi connectivity index (χ3v) is 2.34. The summed E-state index contributed by atoms with van der Waals surface area (Å²) in [6, 6.07) is -0.242. The Balaban J connectivity index is 2.25. The van der Waals surface area contributed by atoms with Crippen LogP contribution in [0.15, 0.2) is 0 Å². The molecule has 2 N–H and O–H groups in total. The summed E-state index contributed by atoms with van der Waals surface area (Å²) in [6.45, 7) is 6.65. The van der Waals surface area contributed by atoms with Crippen molar-refractivity contribution in [3.05, 3.63) is 0 Å². The molecular weight excluding hydrogens is 211 g/mol. The number of rotatable bonds is 3. The SMILES string of the molecule is CC(C)(C)OC(=O)CNC1CCNCC1F. The highest BCUT2D eigenvalue weighted by atomic mass is 19.1. The second-order valence-electron chi connectivity index (χ2n) is 5.08. The lowest BCUT2D eigenvalue weighted by atomic mass is 10.1. The van der Waals surface area contributed by atoms with E-state index in [4.69, 9.17) is 4.74 Å². The van der Waals surface area contributed by atoms with Gasteiger partial charge >= 0.3 is 5.97 Å². The number of hydrogen-bond donors (Lipinski definition) is 2. The molecule has 16 heavy (non-hydrogen) atoms. The first-order chi connectivity index (χ1) is 7.38. The largest absolute Gasteiger partial charge is 0.459 e. The molecule has 0 aromatic carbocycles. The number of hydrogen-bond acceptors (Lipinski definition) is 4. The molecule has 2 atom stereocenters. The predicted molar refractivity (Wildman–Crippen MR) is 60.0 cm³/mol. The molecule has 4 nitrogen and oxygen atoms in total. The molecule has 0 aromatic rings. The fourth-order valence-corrected chi connectivity index (χ4v) is 1.64. The molecule has 5 heteroatoms. The van der Waals surface area contributed by atoms with Crippen LogP contribution in [-0.2, 0) is 9.53 Å². The Morgan fingerprint density at radius 1 is 1.56 bits per heavy atom. The zero-order valence-corrected chi connectivity index (χ0v) is 10.2. The summed E-state index contributed by atoms with van der Waals surface area (Å²) < 4.78 is 18.5. The topological polar surface area (TPSA) is 50.4 Å². The Labute approximate surface area is 95.9 Å². The summed E-state index contributed by atoms with van der Waals surface area (Å²) in [5, 5.41) is 5.86. The van der Waals surface area contributed by atoms with E-state index in [1.54, 1.807) is 0 Å². The van der Waals surface area contributed by atoms with E-state index in [2.05, 4.69) is 10.6 Å². The van der Waals surface area contributed by atoms with Crippen molar-refractivity contribution >= 4 is 5.97 Å². The lowest BCUT2D eigenvalue weighted by Gasteiger charge is -2.28. The molecule has 1 aliphatic heterocycles. The van der Waals surface area contributed by atoms with Crippen LogP contribution in [0.2, 0.25) is 0 Å². The van der Waals surface area contributed by atoms with Crippen molar-refractivity contribution in [1.82, 2.24) is 10.6 Å². The van der Waals surface area contributed by atoms with Gasteiger partial charge in [-0.2, -0.15) is 0 Å². The molecule has 1 fully saturated rings. The summed E-state index contributed by atoms with van der Waals surface area (Å²) >= 11 is 0. The third kappa shape index (κ3) is 4.90. The maximum Gasteiger partial charge on any atom is 0.320 e. The third-order valence-electron chi connectivity index (χ3n) is 2.34. The number of ether oxygens (including phenoxy) is 1. The zero-order valence-electron chi connectivity index (χ0n) is 10.2. The molecule has 0 spiro atoms. The molecule has 1 saturated heterocycles. The van der Waals surface area contributed by atoms with E-state index in [1.165, 1.54) is 0 Å². The van der Waals surface area contributed by atoms with Crippen LogP contribution < -0.4 is 10.6 Å². The minimum Gasteiger partial charge on any atom is -0.459 e. The molecule has 0 bridgehead atoms. The number of piperidine rings is 1. The predicted octanol–water partition coefficient (Wildman–Crippen LogP) is 0.618. The molecule has 0 aliphatic carbocycles. The van der Waals surface area contributed by atoms with Crippen molar-refractivity contribution in [2.45, 2.75) is 45.0 Å². The average molecular weight is 232 g/mol. The van der Waals surface area contributed by atoms with Gasteiger partial charge in [0.25, 0.3) is 0 Å². The number of carbonyl (C=O) groups is 1. The van der Waals surface area contributed by atoms with Crippen LogP contribution in [0.4, 0.5) is 4.39 Å². The van der Waals surface area contributed by atoms with Gasteiger partial charge in [0.05, 0.1) is 6.54 Å². The van der Waals surface area contributed by atoms with Gasteiger partial charge in [-0.15, -0.1) is 0 Å². The van der Waals surface area contributed by atoms with Crippen molar-refractivity contribution in [1.29, 1.82) is 0 Å². The molecule has 0 aromatic heterocycles. The van der Waals surface area contributed by atoms with Gasteiger partial charge in [-0.25, -0.2) is 4.39 Å². The maximum atomic E-state index is 13.4. The van der Waals surface area contributed by atoms with Gasteiger partial charge < -0.3 is 15.4 Å². The summed E-state index contributed by atoms with van der Waals surface area (Å²) in [5.41, 5.74) is -0.484. The Morgan fingerprint density at radius 3 is 2.81 bits per heavy atom. The zero-order chi connectivity index (χ0) is 12.2. The van der Waals surface area contributed by atoms with Gasteiger partial charge in [-0.3, -0.25) is 4.79 Å². The van der Waals surface area contributed by atoms with E-state index in [0.717, 1.165) is 6.54 Å². The van der Waals surface area contributed by atoms with Crippen LogP contribution >= 0.6 is 0 Å². The maximum absolute atomic E-state index is 13.4.